The van der Waals surface area contributed by atoms with Gasteiger partial charge in [-0.25, -0.2) is 4.98 Å². The smallest absolute Gasteiger partial charge is 0.224 e. The van der Waals surface area contributed by atoms with Crippen LogP contribution in [0.4, 0.5) is 0 Å². The number of aryl methyl sites for hydroxylation is 3. The molecule has 0 bridgehead atoms. The van der Waals surface area contributed by atoms with Crippen molar-refractivity contribution < 1.29 is 4.74 Å². The Morgan fingerprint density at radius 2 is 1.86 bits per heavy atom. The molecule has 0 N–H and O–H groups in total. The molecule has 112 valence electrons. The summed E-state index contributed by atoms with van der Waals surface area (Å²) in [6.45, 7) is 6.20. The van der Waals surface area contributed by atoms with Gasteiger partial charge in [0.2, 0.25) is 5.88 Å². The Labute approximate surface area is 132 Å². The average molecular weight is 304 g/mol. The molecular formula is C18H22ClNO. The number of alkyl halides is 1. The van der Waals surface area contributed by atoms with Crippen LogP contribution in [0.15, 0.2) is 30.3 Å². The van der Waals surface area contributed by atoms with Crippen LogP contribution in [-0.4, -0.2) is 4.98 Å². The molecule has 0 saturated heterocycles. The van der Waals surface area contributed by atoms with Crippen molar-refractivity contribution in [3.8, 4) is 11.6 Å². The maximum atomic E-state index is 6.02. The number of benzene rings is 1. The van der Waals surface area contributed by atoms with Crippen molar-refractivity contribution in [2.24, 2.45) is 0 Å². The van der Waals surface area contributed by atoms with Gasteiger partial charge in [0.25, 0.3) is 0 Å². The van der Waals surface area contributed by atoms with Crippen molar-refractivity contribution in [1.29, 1.82) is 0 Å². The molecule has 3 heteroatoms. The Balaban J connectivity index is 2.18. The summed E-state index contributed by atoms with van der Waals surface area (Å²) >= 11 is 6.02. The minimum atomic E-state index is 0.406. The Hall–Kier alpha value is -1.54. The normalized spacial score (nSPS) is 10.7. The second-order valence-corrected chi connectivity index (χ2v) is 5.61. The molecule has 0 aliphatic heterocycles. The molecule has 0 aliphatic rings. The van der Waals surface area contributed by atoms with E-state index in [1.807, 2.05) is 32.0 Å². The molecule has 0 spiro atoms. The van der Waals surface area contributed by atoms with Crippen LogP contribution in [0.3, 0.4) is 0 Å². The lowest BCUT2D eigenvalue weighted by Crippen LogP contribution is -1.98. The summed E-state index contributed by atoms with van der Waals surface area (Å²) in [5, 5.41) is 0. The Morgan fingerprint density at radius 3 is 2.48 bits per heavy atom. The lowest BCUT2D eigenvalue weighted by atomic mass is 10.1. The third kappa shape index (κ3) is 4.21. The molecule has 0 aliphatic carbocycles. The molecular weight excluding hydrogens is 282 g/mol. The zero-order valence-corrected chi connectivity index (χ0v) is 13.7. The highest BCUT2D eigenvalue weighted by atomic mass is 35.5. The third-order valence-electron chi connectivity index (χ3n) is 3.53. The molecule has 2 nitrogen and oxygen atoms in total. The van der Waals surface area contributed by atoms with Gasteiger partial charge in [-0.3, -0.25) is 0 Å². The van der Waals surface area contributed by atoms with Gasteiger partial charge in [0, 0.05) is 11.3 Å². The second-order valence-electron chi connectivity index (χ2n) is 5.35. The number of rotatable bonds is 6. The number of unbranched alkanes of at least 4 members (excludes halogenated alkanes) is 1. The van der Waals surface area contributed by atoms with E-state index in [9.17, 15) is 0 Å². The van der Waals surface area contributed by atoms with Crippen molar-refractivity contribution in [2.45, 2.75) is 45.9 Å². The summed E-state index contributed by atoms with van der Waals surface area (Å²) in [5.41, 5.74) is 4.36. The van der Waals surface area contributed by atoms with Crippen LogP contribution in [0.1, 0.15) is 42.1 Å². The monoisotopic (exact) mass is 303 g/mol. The first kappa shape index (κ1) is 15.8. The minimum Gasteiger partial charge on any atom is -0.439 e. The van der Waals surface area contributed by atoms with Gasteiger partial charge >= 0.3 is 0 Å². The fourth-order valence-electron chi connectivity index (χ4n) is 2.29. The summed E-state index contributed by atoms with van der Waals surface area (Å²) in [6.07, 6.45) is 3.55. The van der Waals surface area contributed by atoms with Crippen LogP contribution < -0.4 is 4.74 Å². The zero-order chi connectivity index (χ0) is 15.2. The predicted molar refractivity (Wildman–Crippen MR) is 88.4 cm³/mol. The number of ether oxygens (including phenoxy) is 1. The molecule has 21 heavy (non-hydrogen) atoms. The van der Waals surface area contributed by atoms with Crippen LogP contribution in [-0.2, 0) is 12.3 Å². The van der Waals surface area contributed by atoms with Crippen LogP contribution in [0.25, 0.3) is 0 Å². The fraction of sp³-hybridized carbons (Fsp3) is 0.389. The number of hydrogen-bond acceptors (Lipinski definition) is 2. The summed E-state index contributed by atoms with van der Waals surface area (Å²) in [7, 11) is 0. The standard InChI is InChI=1S/C18H22ClNO/c1-4-5-6-15-7-9-16(10-8-15)21-18-17(12-19)13(2)11-14(3)20-18/h7-11H,4-6,12H2,1-3H3. The number of halogens is 1. The van der Waals surface area contributed by atoms with E-state index in [1.165, 1.54) is 18.4 Å². The molecule has 0 saturated carbocycles. The lowest BCUT2D eigenvalue weighted by Gasteiger charge is -2.12. The van der Waals surface area contributed by atoms with E-state index in [-0.39, 0.29) is 0 Å². The zero-order valence-electron chi connectivity index (χ0n) is 12.9. The highest BCUT2D eigenvalue weighted by molar-refractivity contribution is 6.17. The summed E-state index contributed by atoms with van der Waals surface area (Å²) in [6, 6.07) is 10.3. The Morgan fingerprint density at radius 1 is 1.14 bits per heavy atom. The first-order chi connectivity index (χ1) is 10.1. The van der Waals surface area contributed by atoms with E-state index in [2.05, 4.69) is 24.0 Å². The Kier molecular flexibility index (Phi) is 5.63. The maximum Gasteiger partial charge on any atom is 0.224 e. The molecule has 1 aromatic heterocycles. The fourth-order valence-corrected chi connectivity index (χ4v) is 2.62. The molecule has 2 rings (SSSR count). The molecule has 0 atom stereocenters. The molecule has 0 radical (unpaired) electrons. The highest BCUT2D eigenvalue weighted by Gasteiger charge is 2.10. The van der Waals surface area contributed by atoms with E-state index in [0.29, 0.717) is 11.8 Å². The first-order valence-electron chi connectivity index (χ1n) is 7.44. The SMILES string of the molecule is CCCCc1ccc(Oc2nc(C)cc(C)c2CCl)cc1. The van der Waals surface area contributed by atoms with E-state index in [1.54, 1.807) is 0 Å². The van der Waals surface area contributed by atoms with Crippen LogP contribution in [0.5, 0.6) is 11.6 Å². The average Bonchev–Trinajstić information content (AvgIpc) is 2.46. The molecule has 1 aromatic carbocycles. The van der Waals surface area contributed by atoms with E-state index < -0.39 is 0 Å². The number of aromatic nitrogens is 1. The third-order valence-corrected chi connectivity index (χ3v) is 3.80. The van der Waals surface area contributed by atoms with Gasteiger partial charge in [0.05, 0.1) is 5.88 Å². The number of pyridine rings is 1. The van der Waals surface area contributed by atoms with Crippen molar-refractivity contribution in [1.82, 2.24) is 4.98 Å². The van der Waals surface area contributed by atoms with E-state index in [4.69, 9.17) is 16.3 Å². The van der Waals surface area contributed by atoms with Crippen molar-refractivity contribution in [3.05, 3.63) is 52.7 Å². The number of nitrogens with zero attached hydrogens (tertiary/aromatic N) is 1. The summed E-state index contributed by atoms with van der Waals surface area (Å²) in [5.74, 6) is 1.83. The van der Waals surface area contributed by atoms with Crippen molar-refractivity contribution in [3.63, 3.8) is 0 Å². The molecule has 0 amide bonds. The van der Waals surface area contributed by atoms with Gasteiger partial charge in [0.15, 0.2) is 0 Å². The van der Waals surface area contributed by atoms with Gasteiger partial charge in [-0.2, -0.15) is 0 Å². The van der Waals surface area contributed by atoms with Crippen molar-refractivity contribution in [2.75, 3.05) is 0 Å². The second kappa shape index (κ2) is 7.46. The summed E-state index contributed by atoms with van der Waals surface area (Å²) in [4.78, 5) is 4.47. The highest BCUT2D eigenvalue weighted by Crippen LogP contribution is 2.28. The minimum absolute atomic E-state index is 0.406. The molecule has 0 fully saturated rings. The molecule has 2 aromatic rings. The lowest BCUT2D eigenvalue weighted by molar-refractivity contribution is 0.456. The molecule has 0 unspecified atom stereocenters. The van der Waals surface area contributed by atoms with Gasteiger partial charge in [-0.15, -0.1) is 11.6 Å². The van der Waals surface area contributed by atoms with E-state index in [0.717, 1.165) is 29.0 Å². The van der Waals surface area contributed by atoms with Gasteiger partial charge in [-0.1, -0.05) is 25.5 Å². The van der Waals surface area contributed by atoms with Gasteiger partial charge in [0.1, 0.15) is 5.75 Å². The first-order valence-corrected chi connectivity index (χ1v) is 7.97. The topological polar surface area (TPSA) is 22.1 Å². The summed E-state index contributed by atoms with van der Waals surface area (Å²) < 4.78 is 5.93. The van der Waals surface area contributed by atoms with E-state index >= 15 is 0 Å². The van der Waals surface area contributed by atoms with Gasteiger partial charge < -0.3 is 4.74 Å². The maximum absolute atomic E-state index is 6.02. The van der Waals surface area contributed by atoms with Gasteiger partial charge in [-0.05, 0) is 56.0 Å². The Bertz CT molecular complexity index is 593. The molecule has 1 heterocycles. The van der Waals surface area contributed by atoms with Crippen LogP contribution in [0.2, 0.25) is 0 Å². The van der Waals surface area contributed by atoms with Crippen molar-refractivity contribution >= 4 is 11.6 Å². The predicted octanol–water partition coefficient (Wildman–Crippen LogP) is 5.57. The number of hydrogen-bond donors (Lipinski definition) is 0. The largest absolute Gasteiger partial charge is 0.439 e. The van der Waals surface area contributed by atoms with Crippen LogP contribution in [0, 0.1) is 13.8 Å². The van der Waals surface area contributed by atoms with Crippen LogP contribution >= 0.6 is 11.6 Å². The quantitative estimate of drug-likeness (QED) is 0.651.